The van der Waals surface area contributed by atoms with Crippen LogP contribution < -0.4 is 5.73 Å². The minimum Gasteiger partial charge on any atom is -0.506 e. The summed E-state index contributed by atoms with van der Waals surface area (Å²) in [7, 11) is 1.91. The second-order valence-electron chi connectivity index (χ2n) is 4.30. The molecule has 3 N–H and O–H groups in total. The van der Waals surface area contributed by atoms with Crippen LogP contribution in [0.1, 0.15) is 0 Å². The van der Waals surface area contributed by atoms with E-state index in [4.69, 9.17) is 5.73 Å². The third-order valence-electron chi connectivity index (χ3n) is 3.04. The smallest absolute Gasteiger partial charge is 0.139 e. The Labute approximate surface area is 104 Å². The summed E-state index contributed by atoms with van der Waals surface area (Å²) in [5, 5.41) is 10.9. The number of phenols is 1. The number of anilines is 1. The predicted octanol–water partition coefficient (Wildman–Crippen LogP) is 2.53. The summed E-state index contributed by atoms with van der Waals surface area (Å²) in [4.78, 5) is 4.32. The molecule has 0 aliphatic rings. The van der Waals surface area contributed by atoms with Gasteiger partial charge < -0.3 is 15.4 Å². The van der Waals surface area contributed by atoms with Gasteiger partial charge in [-0.1, -0.05) is 12.1 Å². The second kappa shape index (κ2) is 3.77. The molecule has 2 heterocycles. The standard InChI is InChI=1S/C14H13N3O/c1-17-8-11(12-6-5-9(15)7-16-12)10-3-2-4-13(18)14(10)17/h2-8,18H,15H2,1H3. The van der Waals surface area contributed by atoms with Crippen molar-refractivity contribution in [2.75, 3.05) is 5.73 Å². The second-order valence-corrected chi connectivity index (χ2v) is 4.30. The van der Waals surface area contributed by atoms with E-state index in [1.807, 2.05) is 42.1 Å². The Morgan fingerprint density at radius 2 is 2.06 bits per heavy atom. The van der Waals surface area contributed by atoms with Crippen LogP contribution >= 0.6 is 0 Å². The van der Waals surface area contributed by atoms with Crippen molar-refractivity contribution >= 4 is 16.6 Å². The van der Waals surface area contributed by atoms with E-state index in [1.54, 1.807) is 12.3 Å². The van der Waals surface area contributed by atoms with Gasteiger partial charge in [0.25, 0.3) is 0 Å². The van der Waals surface area contributed by atoms with E-state index in [0.717, 1.165) is 22.2 Å². The number of benzene rings is 1. The maximum Gasteiger partial charge on any atom is 0.139 e. The van der Waals surface area contributed by atoms with Gasteiger partial charge in [0.05, 0.1) is 23.1 Å². The minimum absolute atomic E-state index is 0.275. The van der Waals surface area contributed by atoms with Gasteiger partial charge in [0, 0.05) is 24.2 Å². The van der Waals surface area contributed by atoms with Gasteiger partial charge in [0.15, 0.2) is 0 Å². The van der Waals surface area contributed by atoms with Crippen molar-refractivity contribution in [2.24, 2.45) is 7.05 Å². The van der Waals surface area contributed by atoms with Crippen LogP contribution in [-0.2, 0) is 7.05 Å². The fourth-order valence-corrected chi connectivity index (χ4v) is 2.22. The minimum atomic E-state index is 0.275. The van der Waals surface area contributed by atoms with Crippen LogP contribution in [0.15, 0.2) is 42.7 Å². The highest BCUT2D eigenvalue weighted by Crippen LogP contribution is 2.33. The largest absolute Gasteiger partial charge is 0.506 e. The number of nitrogens with two attached hydrogens (primary N) is 1. The van der Waals surface area contributed by atoms with Crippen molar-refractivity contribution in [3.05, 3.63) is 42.7 Å². The first-order valence-electron chi connectivity index (χ1n) is 5.66. The van der Waals surface area contributed by atoms with Crippen LogP contribution in [0, 0.1) is 0 Å². The van der Waals surface area contributed by atoms with Crippen molar-refractivity contribution in [3.8, 4) is 17.0 Å². The molecule has 3 rings (SSSR count). The molecule has 3 aromatic rings. The zero-order chi connectivity index (χ0) is 12.7. The lowest BCUT2D eigenvalue weighted by atomic mass is 10.1. The Morgan fingerprint density at radius 3 is 2.78 bits per heavy atom. The lowest BCUT2D eigenvalue weighted by Gasteiger charge is -2.00. The number of para-hydroxylation sites is 1. The number of nitrogen functional groups attached to an aromatic ring is 1. The maximum absolute atomic E-state index is 9.90. The van der Waals surface area contributed by atoms with Crippen LogP contribution in [0.2, 0.25) is 0 Å². The molecule has 0 aliphatic carbocycles. The molecule has 4 nitrogen and oxygen atoms in total. The van der Waals surface area contributed by atoms with Crippen molar-refractivity contribution in [1.29, 1.82) is 0 Å². The van der Waals surface area contributed by atoms with Crippen LogP contribution in [-0.4, -0.2) is 14.7 Å². The Morgan fingerprint density at radius 1 is 1.22 bits per heavy atom. The van der Waals surface area contributed by atoms with Gasteiger partial charge in [-0.2, -0.15) is 0 Å². The first-order valence-corrected chi connectivity index (χ1v) is 5.66. The third-order valence-corrected chi connectivity index (χ3v) is 3.04. The number of rotatable bonds is 1. The maximum atomic E-state index is 9.90. The first-order chi connectivity index (χ1) is 8.66. The average Bonchev–Trinajstić information content (AvgIpc) is 2.69. The number of aryl methyl sites for hydroxylation is 1. The van der Waals surface area contributed by atoms with Crippen molar-refractivity contribution in [2.45, 2.75) is 0 Å². The fourth-order valence-electron chi connectivity index (χ4n) is 2.22. The molecule has 0 saturated carbocycles. The van der Waals surface area contributed by atoms with Crippen molar-refractivity contribution in [3.63, 3.8) is 0 Å². The summed E-state index contributed by atoms with van der Waals surface area (Å²) in [6.07, 6.45) is 3.60. The number of fused-ring (bicyclic) bond motifs is 1. The number of aromatic hydroxyl groups is 1. The Balaban J connectivity index is 2.30. The molecule has 0 aliphatic heterocycles. The number of hydrogen-bond donors (Lipinski definition) is 2. The average molecular weight is 239 g/mol. The molecule has 2 aromatic heterocycles. The van der Waals surface area contributed by atoms with Gasteiger partial charge in [-0.15, -0.1) is 0 Å². The summed E-state index contributed by atoms with van der Waals surface area (Å²) < 4.78 is 1.90. The van der Waals surface area contributed by atoms with Gasteiger partial charge in [-0.25, -0.2) is 0 Å². The van der Waals surface area contributed by atoms with E-state index in [0.29, 0.717) is 5.69 Å². The fraction of sp³-hybridized carbons (Fsp3) is 0.0714. The van der Waals surface area contributed by atoms with E-state index in [9.17, 15) is 5.11 Å². The lowest BCUT2D eigenvalue weighted by Crippen LogP contribution is -1.87. The van der Waals surface area contributed by atoms with E-state index in [1.165, 1.54) is 0 Å². The molecule has 0 spiro atoms. The number of nitrogens with zero attached hydrogens (tertiary/aromatic N) is 2. The van der Waals surface area contributed by atoms with E-state index < -0.39 is 0 Å². The molecule has 0 unspecified atom stereocenters. The molecule has 1 aromatic carbocycles. The summed E-state index contributed by atoms with van der Waals surface area (Å²) in [5.41, 5.74) is 8.93. The summed E-state index contributed by atoms with van der Waals surface area (Å²) >= 11 is 0. The van der Waals surface area contributed by atoms with Crippen molar-refractivity contribution in [1.82, 2.24) is 9.55 Å². The first kappa shape index (κ1) is 10.7. The molecular weight excluding hydrogens is 226 g/mol. The van der Waals surface area contributed by atoms with Gasteiger partial charge in [0.2, 0.25) is 0 Å². The SMILES string of the molecule is Cn1cc(-c2ccc(N)cn2)c2cccc(O)c21. The molecule has 90 valence electrons. The molecule has 0 saturated heterocycles. The van der Waals surface area contributed by atoms with Gasteiger partial charge in [0.1, 0.15) is 5.75 Å². The third kappa shape index (κ3) is 1.50. The van der Waals surface area contributed by atoms with Crippen LogP contribution in [0.4, 0.5) is 5.69 Å². The number of hydrogen-bond acceptors (Lipinski definition) is 3. The molecule has 0 atom stereocenters. The monoisotopic (exact) mass is 239 g/mol. The Hall–Kier alpha value is -2.49. The quantitative estimate of drug-likeness (QED) is 0.685. The lowest BCUT2D eigenvalue weighted by molar-refractivity contribution is 0.479. The summed E-state index contributed by atoms with van der Waals surface area (Å²) in [6, 6.07) is 9.20. The van der Waals surface area contributed by atoms with Crippen LogP contribution in [0.25, 0.3) is 22.2 Å². The predicted molar refractivity (Wildman–Crippen MR) is 72.2 cm³/mol. The van der Waals surface area contributed by atoms with E-state index in [-0.39, 0.29) is 5.75 Å². The molecular formula is C14H13N3O. The summed E-state index contributed by atoms with van der Waals surface area (Å²) in [5.74, 6) is 0.275. The molecule has 18 heavy (non-hydrogen) atoms. The van der Waals surface area contributed by atoms with E-state index >= 15 is 0 Å². The molecule has 0 amide bonds. The normalized spacial score (nSPS) is 10.9. The highest BCUT2D eigenvalue weighted by Gasteiger charge is 2.11. The zero-order valence-electron chi connectivity index (χ0n) is 9.96. The van der Waals surface area contributed by atoms with E-state index in [2.05, 4.69) is 4.98 Å². The number of aromatic nitrogens is 2. The number of phenolic OH excluding ortho intramolecular Hbond substituents is 1. The molecule has 0 bridgehead atoms. The van der Waals surface area contributed by atoms with Crippen molar-refractivity contribution < 1.29 is 5.11 Å². The molecule has 4 heteroatoms. The summed E-state index contributed by atoms with van der Waals surface area (Å²) in [6.45, 7) is 0. The number of pyridine rings is 1. The zero-order valence-corrected chi connectivity index (χ0v) is 9.96. The van der Waals surface area contributed by atoms with Crippen LogP contribution in [0.5, 0.6) is 5.75 Å². The highest BCUT2D eigenvalue weighted by atomic mass is 16.3. The van der Waals surface area contributed by atoms with Crippen LogP contribution in [0.3, 0.4) is 0 Å². The molecule has 0 radical (unpaired) electrons. The Bertz CT molecular complexity index is 714. The van der Waals surface area contributed by atoms with Gasteiger partial charge >= 0.3 is 0 Å². The Kier molecular flexibility index (Phi) is 2.23. The van der Waals surface area contributed by atoms with Gasteiger partial charge in [-0.3, -0.25) is 4.98 Å². The topological polar surface area (TPSA) is 64.1 Å². The molecule has 0 fully saturated rings. The highest BCUT2D eigenvalue weighted by molar-refractivity contribution is 5.98. The van der Waals surface area contributed by atoms with Gasteiger partial charge in [-0.05, 0) is 18.2 Å².